The van der Waals surface area contributed by atoms with E-state index >= 15 is 0 Å². The van der Waals surface area contributed by atoms with Crippen LogP contribution >= 0.6 is 11.3 Å². The van der Waals surface area contributed by atoms with Crippen LogP contribution in [0.15, 0.2) is 51.6 Å². The lowest BCUT2D eigenvalue weighted by atomic mass is 10.2. The van der Waals surface area contributed by atoms with Crippen molar-refractivity contribution in [3.63, 3.8) is 0 Å². The van der Waals surface area contributed by atoms with E-state index in [-0.39, 0.29) is 5.56 Å². The smallest absolute Gasteiger partial charge is 0.258 e. The number of sulfonamides is 1. The fourth-order valence-corrected chi connectivity index (χ4v) is 5.67. The average Bonchev–Trinajstić information content (AvgIpc) is 2.99. The van der Waals surface area contributed by atoms with Crippen molar-refractivity contribution in [3.8, 4) is 0 Å². The summed E-state index contributed by atoms with van der Waals surface area (Å²) in [5, 5.41) is 5.00. The molecule has 0 aliphatic carbocycles. The van der Waals surface area contributed by atoms with Crippen LogP contribution in [-0.2, 0) is 16.6 Å². The number of anilines is 1. The first-order valence-electron chi connectivity index (χ1n) is 9.34. The molecule has 1 aliphatic rings. The summed E-state index contributed by atoms with van der Waals surface area (Å²) in [5.74, 6) is 0. The van der Waals surface area contributed by atoms with Gasteiger partial charge in [0.1, 0.15) is 0 Å². The van der Waals surface area contributed by atoms with Crippen LogP contribution in [0.25, 0.3) is 4.96 Å². The lowest BCUT2D eigenvalue weighted by Gasteiger charge is -2.20. The van der Waals surface area contributed by atoms with E-state index in [1.807, 2.05) is 11.4 Å². The fourth-order valence-electron chi connectivity index (χ4n) is 3.37. The van der Waals surface area contributed by atoms with E-state index < -0.39 is 10.0 Å². The minimum absolute atomic E-state index is 0.124. The summed E-state index contributed by atoms with van der Waals surface area (Å²) in [6, 6.07) is 8.32. The van der Waals surface area contributed by atoms with Gasteiger partial charge in [0.2, 0.25) is 10.0 Å². The Labute approximate surface area is 167 Å². The lowest BCUT2D eigenvalue weighted by Crippen LogP contribution is -2.31. The van der Waals surface area contributed by atoms with Crippen molar-refractivity contribution in [2.75, 3.05) is 18.4 Å². The van der Waals surface area contributed by atoms with E-state index in [2.05, 4.69) is 10.3 Å². The van der Waals surface area contributed by atoms with Crippen LogP contribution in [0, 0.1) is 0 Å². The van der Waals surface area contributed by atoms with Crippen LogP contribution in [0.2, 0.25) is 0 Å². The molecule has 1 fully saturated rings. The van der Waals surface area contributed by atoms with Gasteiger partial charge in [-0.2, -0.15) is 4.31 Å². The average molecular weight is 419 g/mol. The Kier molecular flexibility index (Phi) is 5.47. The molecule has 1 saturated heterocycles. The van der Waals surface area contributed by atoms with Gasteiger partial charge < -0.3 is 5.32 Å². The summed E-state index contributed by atoms with van der Waals surface area (Å²) in [6.07, 6.45) is 5.67. The Hall–Kier alpha value is -2.23. The molecule has 0 amide bonds. The standard InChI is InChI=1S/C19H22N4O3S2/c24-18-13-16(21-19-23(18)10-11-27-19)14-20-15-6-5-7-17(12-15)28(25,26)22-8-3-1-2-4-9-22/h5-7,10-13,20H,1-4,8-9,14H2. The van der Waals surface area contributed by atoms with E-state index in [1.165, 1.54) is 21.8 Å². The Morgan fingerprint density at radius 3 is 2.68 bits per heavy atom. The molecule has 0 spiro atoms. The second-order valence-electron chi connectivity index (χ2n) is 6.84. The monoisotopic (exact) mass is 418 g/mol. The Morgan fingerprint density at radius 2 is 1.89 bits per heavy atom. The van der Waals surface area contributed by atoms with E-state index in [0.717, 1.165) is 25.7 Å². The maximum Gasteiger partial charge on any atom is 0.258 e. The predicted octanol–water partition coefficient (Wildman–Crippen LogP) is 2.93. The zero-order valence-electron chi connectivity index (χ0n) is 15.4. The molecule has 0 radical (unpaired) electrons. The molecule has 3 aromatic rings. The van der Waals surface area contributed by atoms with Gasteiger partial charge in [0, 0.05) is 36.4 Å². The van der Waals surface area contributed by atoms with Crippen molar-refractivity contribution in [1.82, 2.24) is 13.7 Å². The highest BCUT2D eigenvalue weighted by atomic mass is 32.2. The van der Waals surface area contributed by atoms with Crippen molar-refractivity contribution < 1.29 is 8.42 Å². The molecule has 9 heteroatoms. The van der Waals surface area contributed by atoms with Gasteiger partial charge in [-0.15, -0.1) is 11.3 Å². The van der Waals surface area contributed by atoms with Crippen LogP contribution in [0.3, 0.4) is 0 Å². The third kappa shape index (κ3) is 3.96. The number of fused-ring (bicyclic) bond motifs is 1. The molecule has 2 aromatic heterocycles. The topological polar surface area (TPSA) is 83.8 Å². The van der Waals surface area contributed by atoms with E-state index in [0.29, 0.717) is 40.9 Å². The highest BCUT2D eigenvalue weighted by molar-refractivity contribution is 7.89. The molecule has 148 valence electrons. The maximum absolute atomic E-state index is 13.0. The van der Waals surface area contributed by atoms with E-state index in [1.54, 1.807) is 28.7 Å². The number of hydrogen-bond donors (Lipinski definition) is 1. The zero-order valence-corrected chi connectivity index (χ0v) is 17.0. The minimum atomic E-state index is -3.49. The normalized spacial score (nSPS) is 16.1. The van der Waals surface area contributed by atoms with Crippen molar-refractivity contribution in [3.05, 3.63) is 58.0 Å². The molecule has 1 N–H and O–H groups in total. The molecule has 1 aliphatic heterocycles. The molecule has 4 rings (SSSR count). The van der Waals surface area contributed by atoms with Gasteiger partial charge >= 0.3 is 0 Å². The van der Waals surface area contributed by atoms with Crippen molar-refractivity contribution in [2.24, 2.45) is 0 Å². The number of aromatic nitrogens is 2. The summed E-state index contributed by atoms with van der Waals surface area (Å²) < 4.78 is 29.0. The second-order valence-corrected chi connectivity index (χ2v) is 9.65. The molecular weight excluding hydrogens is 396 g/mol. The quantitative estimate of drug-likeness (QED) is 0.689. The Bertz CT molecular complexity index is 1130. The molecule has 0 atom stereocenters. The van der Waals surface area contributed by atoms with Crippen LogP contribution in [0.5, 0.6) is 0 Å². The molecule has 1 aromatic carbocycles. The number of nitrogens with zero attached hydrogens (tertiary/aromatic N) is 3. The highest BCUT2D eigenvalue weighted by Crippen LogP contribution is 2.23. The highest BCUT2D eigenvalue weighted by Gasteiger charge is 2.25. The first kappa shape index (κ1) is 19.1. The third-order valence-corrected chi connectivity index (χ3v) is 7.52. The van der Waals surface area contributed by atoms with Crippen molar-refractivity contribution in [1.29, 1.82) is 0 Å². The number of thiazole rings is 1. The van der Waals surface area contributed by atoms with Gasteiger partial charge in [-0.05, 0) is 31.0 Å². The van der Waals surface area contributed by atoms with E-state index in [4.69, 9.17) is 0 Å². The predicted molar refractivity (Wildman–Crippen MR) is 110 cm³/mol. The van der Waals surface area contributed by atoms with Crippen LogP contribution in [-0.4, -0.2) is 35.2 Å². The van der Waals surface area contributed by atoms with Gasteiger partial charge in [-0.25, -0.2) is 13.4 Å². The van der Waals surface area contributed by atoms with Gasteiger partial charge in [0.25, 0.3) is 5.56 Å². The lowest BCUT2D eigenvalue weighted by molar-refractivity contribution is 0.424. The minimum Gasteiger partial charge on any atom is -0.379 e. The Balaban J connectivity index is 1.52. The van der Waals surface area contributed by atoms with Gasteiger partial charge in [-0.1, -0.05) is 18.9 Å². The van der Waals surface area contributed by atoms with Crippen LogP contribution in [0.1, 0.15) is 31.4 Å². The molecular formula is C19H22N4O3S2. The van der Waals surface area contributed by atoms with Gasteiger partial charge in [0.05, 0.1) is 17.1 Å². The SMILES string of the molecule is O=c1cc(CNc2cccc(S(=O)(=O)N3CCCCCC3)c2)nc2sccn12. The van der Waals surface area contributed by atoms with Crippen LogP contribution in [0.4, 0.5) is 5.69 Å². The largest absolute Gasteiger partial charge is 0.379 e. The summed E-state index contributed by atoms with van der Waals surface area (Å²) >= 11 is 1.40. The van der Waals surface area contributed by atoms with Gasteiger partial charge in [-0.3, -0.25) is 9.20 Å². The molecule has 0 unspecified atom stereocenters. The number of hydrogen-bond acceptors (Lipinski definition) is 6. The fraction of sp³-hybridized carbons (Fsp3) is 0.368. The molecule has 0 bridgehead atoms. The molecule has 28 heavy (non-hydrogen) atoms. The van der Waals surface area contributed by atoms with Gasteiger partial charge in [0.15, 0.2) is 4.96 Å². The van der Waals surface area contributed by atoms with E-state index in [9.17, 15) is 13.2 Å². The van der Waals surface area contributed by atoms with Crippen LogP contribution < -0.4 is 10.9 Å². The van der Waals surface area contributed by atoms with Crippen molar-refractivity contribution in [2.45, 2.75) is 37.1 Å². The summed E-state index contributed by atoms with van der Waals surface area (Å²) in [7, 11) is -3.49. The first-order valence-corrected chi connectivity index (χ1v) is 11.7. The molecule has 3 heterocycles. The second kappa shape index (κ2) is 8.02. The zero-order chi connectivity index (χ0) is 19.6. The third-order valence-electron chi connectivity index (χ3n) is 4.87. The number of nitrogens with one attached hydrogen (secondary N) is 1. The molecule has 0 saturated carbocycles. The summed E-state index contributed by atoms with van der Waals surface area (Å²) in [5.41, 5.74) is 1.18. The maximum atomic E-state index is 13.0. The van der Waals surface area contributed by atoms with Crippen molar-refractivity contribution >= 4 is 32.0 Å². The first-order chi connectivity index (χ1) is 13.5. The number of rotatable bonds is 5. The summed E-state index contributed by atoms with van der Waals surface area (Å²) in [4.78, 5) is 17.5. The number of benzene rings is 1. The summed E-state index contributed by atoms with van der Waals surface area (Å²) in [6.45, 7) is 1.50. The molecule has 7 nitrogen and oxygen atoms in total. The Morgan fingerprint density at radius 1 is 1.11 bits per heavy atom.